The highest BCUT2D eigenvalue weighted by Gasteiger charge is 2.27. The first kappa shape index (κ1) is 15.2. The lowest BCUT2D eigenvalue weighted by molar-refractivity contribution is 0.184. The lowest BCUT2D eigenvalue weighted by Gasteiger charge is -2.33. The molecule has 0 atom stereocenters. The van der Waals surface area contributed by atoms with Crippen LogP contribution in [0.25, 0.3) is 0 Å². The smallest absolute Gasteiger partial charge is 0.322 e. The summed E-state index contributed by atoms with van der Waals surface area (Å²) in [6.45, 7) is 1.45. The summed E-state index contributed by atoms with van der Waals surface area (Å²) < 4.78 is 24.3. The van der Waals surface area contributed by atoms with Gasteiger partial charge in [-0.15, -0.1) is 0 Å². The number of piperazine rings is 1. The van der Waals surface area contributed by atoms with Crippen LogP contribution < -0.4 is 5.32 Å². The van der Waals surface area contributed by atoms with E-state index in [9.17, 15) is 13.2 Å². The molecule has 0 spiro atoms. The largest absolute Gasteiger partial charge is 0.323 e. The summed E-state index contributed by atoms with van der Waals surface area (Å²) in [6, 6.07) is 5.43. The standard InChI is InChI=1S/C14H20N4O3S/c1-22(20,21)18-9-7-17(8-10-18)14(19)16-13-4-2-3-12(15-13)11-5-6-11/h2-4,11H,5-10H2,1H3,(H,15,16,19). The molecule has 0 aromatic carbocycles. The van der Waals surface area contributed by atoms with Gasteiger partial charge in [0, 0.05) is 37.8 Å². The van der Waals surface area contributed by atoms with E-state index in [0.717, 1.165) is 18.5 Å². The fourth-order valence-electron chi connectivity index (χ4n) is 2.54. The second-order valence-corrected chi connectivity index (χ2v) is 7.78. The number of amides is 2. The number of pyridine rings is 1. The molecule has 0 unspecified atom stereocenters. The second kappa shape index (κ2) is 5.85. The van der Waals surface area contributed by atoms with Crippen LogP contribution in [0.2, 0.25) is 0 Å². The van der Waals surface area contributed by atoms with Gasteiger partial charge in [-0.3, -0.25) is 5.32 Å². The van der Waals surface area contributed by atoms with Crippen molar-refractivity contribution in [2.24, 2.45) is 0 Å². The van der Waals surface area contributed by atoms with E-state index in [0.29, 0.717) is 37.9 Å². The predicted octanol–water partition coefficient (Wildman–Crippen LogP) is 1.07. The minimum Gasteiger partial charge on any atom is -0.322 e. The number of nitrogens with one attached hydrogen (secondary N) is 1. The molecule has 120 valence electrons. The molecule has 0 bridgehead atoms. The van der Waals surface area contributed by atoms with Gasteiger partial charge in [-0.05, 0) is 25.0 Å². The first-order valence-electron chi connectivity index (χ1n) is 7.41. The average Bonchev–Trinajstić information content (AvgIpc) is 3.31. The Bertz CT molecular complexity index is 664. The van der Waals surface area contributed by atoms with Gasteiger partial charge in [0.1, 0.15) is 5.82 Å². The average molecular weight is 324 g/mol. The third kappa shape index (κ3) is 3.56. The number of aromatic nitrogens is 1. The van der Waals surface area contributed by atoms with Gasteiger partial charge in [0.05, 0.1) is 6.26 Å². The zero-order valence-electron chi connectivity index (χ0n) is 12.5. The Hall–Kier alpha value is -1.67. The maximum Gasteiger partial charge on any atom is 0.323 e. The summed E-state index contributed by atoms with van der Waals surface area (Å²) >= 11 is 0. The third-order valence-electron chi connectivity index (χ3n) is 4.00. The number of rotatable bonds is 3. The topological polar surface area (TPSA) is 82.6 Å². The number of sulfonamides is 1. The lowest BCUT2D eigenvalue weighted by Crippen LogP contribution is -2.51. The van der Waals surface area contributed by atoms with Crippen molar-refractivity contribution >= 4 is 21.9 Å². The molecule has 1 aliphatic carbocycles. The molecule has 7 nitrogen and oxygen atoms in total. The molecule has 0 radical (unpaired) electrons. The number of anilines is 1. The minimum atomic E-state index is -3.18. The van der Waals surface area contributed by atoms with Crippen molar-refractivity contribution in [1.82, 2.24) is 14.2 Å². The van der Waals surface area contributed by atoms with Crippen LogP contribution in [0, 0.1) is 0 Å². The Labute approximate surface area is 130 Å². The normalized spacial score (nSPS) is 20.0. The first-order valence-corrected chi connectivity index (χ1v) is 9.26. The predicted molar refractivity (Wildman–Crippen MR) is 83.2 cm³/mol. The van der Waals surface area contributed by atoms with Gasteiger partial charge >= 0.3 is 6.03 Å². The number of hydrogen-bond donors (Lipinski definition) is 1. The van der Waals surface area contributed by atoms with Gasteiger partial charge in [0.25, 0.3) is 0 Å². The van der Waals surface area contributed by atoms with Gasteiger partial charge in [0.2, 0.25) is 10.0 Å². The van der Waals surface area contributed by atoms with Crippen LogP contribution in [0.1, 0.15) is 24.5 Å². The molecule has 2 amide bonds. The molecular formula is C14H20N4O3S. The van der Waals surface area contributed by atoms with Crippen LogP contribution in [0.15, 0.2) is 18.2 Å². The molecule has 22 heavy (non-hydrogen) atoms. The van der Waals surface area contributed by atoms with Crippen molar-refractivity contribution in [3.05, 3.63) is 23.9 Å². The number of hydrogen-bond acceptors (Lipinski definition) is 4. The molecule has 3 rings (SSSR count). The summed E-state index contributed by atoms with van der Waals surface area (Å²) in [4.78, 5) is 18.3. The van der Waals surface area contributed by atoms with E-state index >= 15 is 0 Å². The molecule has 2 fully saturated rings. The van der Waals surface area contributed by atoms with E-state index < -0.39 is 10.0 Å². The Balaban J connectivity index is 1.57. The fraction of sp³-hybridized carbons (Fsp3) is 0.571. The van der Waals surface area contributed by atoms with E-state index in [1.54, 1.807) is 11.0 Å². The maximum atomic E-state index is 12.2. The zero-order chi connectivity index (χ0) is 15.7. The molecule has 1 saturated heterocycles. The summed E-state index contributed by atoms with van der Waals surface area (Å²) in [5.41, 5.74) is 1.03. The Morgan fingerprint density at radius 3 is 2.50 bits per heavy atom. The highest BCUT2D eigenvalue weighted by molar-refractivity contribution is 7.88. The lowest BCUT2D eigenvalue weighted by atomic mass is 10.2. The van der Waals surface area contributed by atoms with E-state index in [4.69, 9.17) is 0 Å². The summed E-state index contributed by atoms with van der Waals surface area (Å²) in [5, 5.41) is 2.80. The van der Waals surface area contributed by atoms with Crippen molar-refractivity contribution in [3.8, 4) is 0 Å². The molecule has 1 aromatic heterocycles. The second-order valence-electron chi connectivity index (χ2n) is 5.80. The zero-order valence-corrected chi connectivity index (χ0v) is 13.3. The molecule has 1 aromatic rings. The van der Waals surface area contributed by atoms with Crippen LogP contribution >= 0.6 is 0 Å². The molecular weight excluding hydrogens is 304 g/mol. The molecule has 1 N–H and O–H groups in total. The SMILES string of the molecule is CS(=O)(=O)N1CCN(C(=O)Nc2cccc(C3CC3)n2)CC1. The maximum absolute atomic E-state index is 12.2. The summed E-state index contributed by atoms with van der Waals surface area (Å²) in [5.74, 6) is 1.09. The van der Waals surface area contributed by atoms with Crippen molar-refractivity contribution in [3.63, 3.8) is 0 Å². The van der Waals surface area contributed by atoms with E-state index in [2.05, 4.69) is 10.3 Å². The van der Waals surface area contributed by atoms with Gasteiger partial charge in [0.15, 0.2) is 0 Å². The molecule has 2 heterocycles. The monoisotopic (exact) mass is 324 g/mol. The van der Waals surface area contributed by atoms with Gasteiger partial charge in [-0.1, -0.05) is 6.07 Å². The third-order valence-corrected chi connectivity index (χ3v) is 5.30. The molecule has 2 aliphatic rings. The Morgan fingerprint density at radius 1 is 1.23 bits per heavy atom. The fourth-order valence-corrected chi connectivity index (χ4v) is 3.37. The number of nitrogens with zero attached hydrogens (tertiary/aromatic N) is 3. The van der Waals surface area contributed by atoms with Crippen LogP contribution in [0.4, 0.5) is 10.6 Å². The number of carbonyl (C=O) groups excluding carboxylic acids is 1. The van der Waals surface area contributed by atoms with Crippen LogP contribution in [-0.4, -0.2) is 61.1 Å². The van der Waals surface area contributed by atoms with Crippen LogP contribution in [0.5, 0.6) is 0 Å². The van der Waals surface area contributed by atoms with E-state index in [-0.39, 0.29) is 6.03 Å². The summed E-state index contributed by atoms with van der Waals surface area (Å²) in [7, 11) is -3.18. The van der Waals surface area contributed by atoms with Crippen molar-refractivity contribution in [2.75, 3.05) is 37.8 Å². The number of urea groups is 1. The van der Waals surface area contributed by atoms with E-state index in [1.165, 1.54) is 10.6 Å². The van der Waals surface area contributed by atoms with Crippen molar-refractivity contribution in [1.29, 1.82) is 0 Å². The van der Waals surface area contributed by atoms with Crippen LogP contribution in [0.3, 0.4) is 0 Å². The first-order chi connectivity index (χ1) is 10.4. The highest BCUT2D eigenvalue weighted by Crippen LogP contribution is 2.39. The van der Waals surface area contributed by atoms with Gasteiger partial charge in [-0.25, -0.2) is 18.2 Å². The number of carbonyl (C=O) groups is 1. The molecule has 1 aliphatic heterocycles. The molecule has 1 saturated carbocycles. The van der Waals surface area contributed by atoms with E-state index in [1.807, 2.05) is 12.1 Å². The van der Waals surface area contributed by atoms with Crippen molar-refractivity contribution < 1.29 is 13.2 Å². The molecule has 8 heteroatoms. The Kier molecular flexibility index (Phi) is 4.05. The highest BCUT2D eigenvalue weighted by atomic mass is 32.2. The quantitative estimate of drug-likeness (QED) is 0.901. The van der Waals surface area contributed by atoms with Gasteiger partial charge < -0.3 is 4.90 Å². The summed E-state index contributed by atoms with van der Waals surface area (Å²) in [6.07, 6.45) is 3.52. The van der Waals surface area contributed by atoms with Gasteiger partial charge in [-0.2, -0.15) is 4.31 Å². The van der Waals surface area contributed by atoms with Crippen molar-refractivity contribution in [2.45, 2.75) is 18.8 Å². The minimum absolute atomic E-state index is 0.228. The van der Waals surface area contributed by atoms with Crippen LogP contribution in [-0.2, 0) is 10.0 Å². The Morgan fingerprint density at radius 2 is 1.91 bits per heavy atom.